The number of ketones is 1. The number of hydrogen-bond acceptors (Lipinski definition) is 4. The highest BCUT2D eigenvalue weighted by Gasteiger charge is 2.39. The van der Waals surface area contributed by atoms with Crippen LogP contribution in [0.15, 0.2) is 59.1 Å². The summed E-state index contributed by atoms with van der Waals surface area (Å²) in [6.07, 6.45) is 0.653. The second-order valence-electron chi connectivity index (χ2n) is 6.30. The van der Waals surface area contributed by atoms with E-state index in [-0.39, 0.29) is 11.4 Å². The number of carbonyl (C=O) groups excluding carboxylic acids is 2. The number of methoxy groups -OCH3 is 1. The van der Waals surface area contributed by atoms with E-state index in [0.29, 0.717) is 29.9 Å². The SMILES string of the molecule is COCn1c2c(c3ccccc31)C(=O)C(C=O)=C1C2=Nc2ccccc21. The average Bonchev–Trinajstić information content (AvgIpc) is 3.20. The summed E-state index contributed by atoms with van der Waals surface area (Å²) in [6.45, 7) is 0.294. The van der Waals surface area contributed by atoms with Crippen LogP contribution in [0.2, 0.25) is 0 Å². The zero-order valence-corrected chi connectivity index (χ0v) is 14.0. The topological polar surface area (TPSA) is 60.7 Å². The van der Waals surface area contributed by atoms with E-state index in [0.717, 1.165) is 27.8 Å². The molecule has 26 heavy (non-hydrogen) atoms. The summed E-state index contributed by atoms with van der Waals surface area (Å²) in [5, 5.41) is 0.807. The summed E-state index contributed by atoms with van der Waals surface area (Å²) < 4.78 is 7.34. The van der Waals surface area contributed by atoms with Crippen molar-refractivity contribution in [2.24, 2.45) is 4.99 Å². The molecule has 2 aromatic carbocycles. The number of carbonyl (C=O) groups is 2. The van der Waals surface area contributed by atoms with E-state index >= 15 is 0 Å². The Balaban J connectivity index is 1.94. The second-order valence-corrected chi connectivity index (χ2v) is 6.30. The number of aldehydes is 1. The molecule has 0 fully saturated rings. The highest BCUT2D eigenvalue weighted by Crippen LogP contribution is 2.44. The smallest absolute Gasteiger partial charge is 0.199 e. The monoisotopic (exact) mass is 342 g/mol. The van der Waals surface area contributed by atoms with Gasteiger partial charge in [0.2, 0.25) is 0 Å². The van der Waals surface area contributed by atoms with Gasteiger partial charge in [-0.15, -0.1) is 0 Å². The molecule has 5 heteroatoms. The Morgan fingerprint density at radius 2 is 1.88 bits per heavy atom. The number of Topliss-reactive ketones (excluding diaryl/α,β-unsaturated/α-hetero) is 1. The fourth-order valence-electron chi connectivity index (χ4n) is 3.93. The maximum Gasteiger partial charge on any atom is 0.199 e. The second kappa shape index (κ2) is 5.34. The van der Waals surface area contributed by atoms with Crippen LogP contribution in [-0.4, -0.2) is 29.5 Å². The minimum atomic E-state index is -0.258. The van der Waals surface area contributed by atoms with Crippen LogP contribution >= 0.6 is 0 Å². The van der Waals surface area contributed by atoms with Gasteiger partial charge in [-0.25, -0.2) is 4.99 Å². The molecule has 0 N–H and O–H groups in total. The van der Waals surface area contributed by atoms with Crippen molar-refractivity contribution in [3.63, 3.8) is 0 Å². The van der Waals surface area contributed by atoms with Gasteiger partial charge in [0.15, 0.2) is 12.1 Å². The molecule has 5 rings (SSSR count). The van der Waals surface area contributed by atoms with Crippen molar-refractivity contribution in [1.82, 2.24) is 4.57 Å². The van der Waals surface area contributed by atoms with Gasteiger partial charge >= 0.3 is 0 Å². The van der Waals surface area contributed by atoms with E-state index < -0.39 is 0 Å². The molecule has 0 amide bonds. The van der Waals surface area contributed by atoms with Crippen molar-refractivity contribution >= 4 is 39.9 Å². The first-order chi connectivity index (χ1) is 12.8. The van der Waals surface area contributed by atoms with Crippen LogP contribution in [0.5, 0.6) is 0 Å². The van der Waals surface area contributed by atoms with Crippen LogP contribution in [0.25, 0.3) is 16.5 Å². The third kappa shape index (κ3) is 1.75. The number of nitrogens with zero attached hydrogens (tertiary/aromatic N) is 2. The molecule has 0 spiro atoms. The normalized spacial score (nSPS) is 15.0. The predicted octanol–water partition coefficient (Wildman–Crippen LogP) is 3.53. The lowest BCUT2D eigenvalue weighted by Gasteiger charge is -2.18. The molecule has 126 valence electrons. The van der Waals surface area contributed by atoms with Gasteiger partial charge in [0.1, 0.15) is 6.73 Å². The summed E-state index contributed by atoms with van der Waals surface area (Å²) in [5.41, 5.74) is 5.17. The van der Waals surface area contributed by atoms with Crippen LogP contribution in [0.3, 0.4) is 0 Å². The molecule has 1 aliphatic heterocycles. The molecule has 0 saturated heterocycles. The Kier molecular flexibility index (Phi) is 3.08. The summed E-state index contributed by atoms with van der Waals surface area (Å²) in [6, 6.07) is 15.2. The van der Waals surface area contributed by atoms with E-state index in [1.54, 1.807) is 7.11 Å². The lowest BCUT2D eigenvalue weighted by molar-refractivity contribution is -0.104. The quantitative estimate of drug-likeness (QED) is 0.540. The molecule has 0 bridgehead atoms. The van der Waals surface area contributed by atoms with Gasteiger partial charge in [0.25, 0.3) is 0 Å². The Labute approximate surface area is 149 Å². The third-order valence-electron chi connectivity index (χ3n) is 4.95. The number of aliphatic imine (C=N–C) groups is 1. The number of para-hydroxylation sites is 2. The molecule has 5 nitrogen and oxygen atoms in total. The number of hydrogen-bond donors (Lipinski definition) is 0. The van der Waals surface area contributed by atoms with Crippen LogP contribution in [0, 0.1) is 0 Å². The number of benzene rings is 2. The van der Waals surface area contributed by atoms with Gasteiger partial charge in [0.05, 0.1) is 33.7 Å². The summed E-state index contributed by atoms with van der Waals surface area (Å²) in [7, 11) is 1.62. The van der Waals surface area contributed by atoms with Gasteiger partial charge in [0, 0.05) is 23.6 Å². The van der Waals surface area contributed by atoms with E-state index in [1.807, 2.05) is 53.1 Å². The van der Waals surface area contributed by atoms with Crippen molar-refractivity contribution in [1.29, 1.82) is 0 Å². The largest absolute Gasteiger partial charge is 0.364 e. The van der Waals surface area contributed by atoms with Gasteiger partial charge in [-0.3, -0.25) is 9.59 Å². The van der Waals surface area contributed by atoms with E-state index in [2.05, 4.69) is 0 Å². The van der Waals surface area contributed by atoms with Crippen molar-refractivity contribution in [3.05, 3.63) is 70.9 Å². The minimum absolute atomic E-state index is 0.168. The molecule has 0 saturated carbocycles. The van der Waals surface area contributed by atoms with Crippen LogP contribution < -0.4 is 0 Å². The van der Waals surface area contributed by atoms with E-state index in [9.17, 15) is 9.59 Å². The summed E-state index contributed by atoms with van der Waals surface area (Å²) >= 11 is 0. The maximum atomic E-state index is 13.2. The maximum absolute atomic E-state index is 13.2. The average molecular weight is 342 g/mol. The first-order valence-electron chi connectivity index (χ1n) is 8.29. The molecule has 0 atom stereocenters. The summed E-state index contributed by atoms with van der Waals surface area (Å²) in [5.74, 6) is -0.258. The molecule has 1 aliphatic carbocycles. The van der Waals surface area contributed by atoms with E-state index in [4.69, 9.17) is 9.73 Å². The first kappa shape index (κ1) is 15.0. The standard InChI is InChI=1S/C21H14N2O3/c1-26-11-23-16-9-5-3-7-13(16)18-20(23)19-17(14(10-24)21(18)25)12-6-2-4-8-15(12)22-19/h2-10H,11H2,1H3. The van der Waals surface area contributed by atoms with Gasteiger partial charge in [-0.05, 0) is 12.1 Å². The van der Waals surface area contributed by atoms with Gasteiger partial charge in [-0.1, -0.05) is 36.4 Å². The van der Waals surface area contributed by atoms with Gasteiger partial charge < -0.3 is 9.30 Å². The fourth-order valence-corrected chi connectivity index (χ4v) is 3.93. The lowest BCUT2D eigenvalue weighted by Crippen LogP contribution is -2.23. The molecular formula is C21H14N2O3. The van der Waals surface area contributed by atoms with E-state index in [1.165, 1.54) is 0 Å². The van der Waals surface area contributed by atoms with Crippen molar-refractivity contribution in [3.8, 4) is 0 Å². The Morgan fingerprint density at radius 3 is 2.69 bits per heavy atom. The van der Waals surface area contributed by atoms with Crippen molar-refractivity contribution in [2.75, 3.05) is 7.11 Å². The Morgan fingerprint density at radius 1 is 1.12 bits per heavy atom. The highest BCUT2D eigenvalue weighted by molar-refractivity contribution is 6.50. The van der Waals surface area contributed by atoms with Crippen LogP contribution in [-0.2, 0) is 16.3 Å². The number of rotatable bonds is 3. The molecular weight excluding hydrogens is 328 g/mol. The lowest BCUT2D eigenvalue weighted by atomic mass is 9.84. The Bertz CT molecular complexity index is 1180. The molecule has 3 aromatic rings. The molecule has 1 aromatic heterocycles. The number of allylic oxidation sites excluding steroid dienone is 2. The zero-order valence-electron chi connectivity index (χ0n) is 14.0. The van der Waals surface area contributed by atoms with Crippen LogP contribution in [0.4, 0.5) is 5.69 Å². The molecule has 0 radical (unpaired) electrons. The highest BCUT2D eigenvalue weighted by atomic mass is 16.5. The minimum Gasteiger partial charge on any atom is -0.364 e. The predicted molar refractivity (Wildman–Crippen MR) is 98.9 cm³/mol. The van der Waals surface area contributed by atoms with Gasteiger partial charge in [-0.2, -0.15) is 0 Å². The number of ether oxygens (including phenoxy) is 1. The van der Waals surface area contributed by atoms with Crippen molar-refractivity contribution < 1.29 is 14.3 Å². The Hall–Kier alpha value is -3.31. The van der Waals surface area contributed by atoms with Crippen LogP contribution in [0.1, 0.15) is 21.6 Å². The fraction of sp³-hybridized carbons (Fsp3) is 0.0952. The first-order valence-corrected chi connectivity index (χ1v) is 8.29. The molecule has 2 heterocycles. The number of aromatic nitrogens is 1. The molecule has 2 aliphatic rings. The van der Waals surface area contributed by atoms with Crippen molar-refractivity contribution in [2.45, 2.75) is 6.73 Å². The summed E-state index contributed by atoms with van der Waals surface area (Å²) in [4.78, 5) is 29.8. The third-order valence-corrected chi connectivity index (χ3v) is 4.95. The number of fused-ring (bicyclic) bond motifs is 7. The molecule has 0 unspecified atom stereocenters. The zero-order chi connectivity index (χ0) is 17.8.